The normalized spacial score (nSPS) is 14.9. The molecule has 0 aliphatic carbocycles. The highest BCUT2D eigenvalue weighted by molar-refractivity contribution is 5.88. The van der Waals surface area contributed by atoms with Gasteiger partial charge in [0, 0.05) is 11.6 Å². The zero-order valence-electron chi connectivity index (χ0n) is 10.5. The molecule has 0 radical (unpaired) electrons. The van der Waals surface area contributed by atoms with Crippen molar-refractivity contribution < 1.29 is 9.53 Å². The van der Waals surface area contributed by atoms with Crippen LogP contribution in [0.1, 0.15) is 41.0 Å². The van der Waals surface area contributed by atoms with Gasteiger partial charge in [0.2, 0.25) is 0 Å². The van der Waals surface area contributed by atoms with Crippen LogP contribution >= 0.6 is 0 Å². The summed E-state index contributed by atoms with van der Waals surface area (Å²) < 4.78 is 4.96. The van der Waals surface area contributed by atoms with Crippen LogP contribution in [-0.2, 0) is 9.53 Å². The van der Waals surface area contributed by atoms with Crippen LogP contribution in [0.25, 0.3) is 0 Å². The van der Waals surface area contributed by atoms with Gasteiger partial charge in [-0.2, -0.15) is 0 Å². The van der Waals surface area contributed by atoms with E-state index >= 15 is 0 Å². The second kappa shape index (κ2) is 6.62. The molecule has 0 aliphatic rings. The van der Waals surface area contributed by atoms with E-state index in [2.05, 4.69) is 13.8 Å². The first kappa shape index (κ1) is 14.2. The van der Waals surface area contributed by atoms with Crippen LogP contribution in [0.5, 0.6) is 0 Å². The zero-order chi connectivity index (χ0) is 12.0. The smallest absolute Gasteiger partial charge is 0.333 e. The Morgan fingerprint density at radius 2 is 1.87 bits per heavy atom. The lowest BCUT2D eigenvalue weighted by Gasteiger charge is -2.17. The molecular weight excluding hydrogens is 190 g/mol. The summed E-state index contributed by atoms with van der Waals surface area (Å²) in [7, 11) is 0. The van der Waals surface area contributed by atoms with Crippen molar-refractivity contribution in [1.29, 1.82) is 0 Å². The molecule has 1 atom stereocenters. The van der Waals surface area contributed by atoms with E-state index in [4.69, 9.17) is 10.5 Å². The maximum Gasteiger partial charge on any atom is 0.333 e. The lowest BCUT2D eigenvalue weighted by atomic mass is 9.94. The van der Waals surface area contributed by atoms with Gasteiger partial charge in [-0.15, -0.1) is 0 Å². The number of hydrogen-bond acceptors (Lipinski definition) is 3. The van der Waals surface area contributed by atoms with Crippen LogP contribution in [0.3, 0.4) is 0 Å². The molecule has 0 saturated heterocycles. The number of esters is 1. The Balaban J connectivity index is 4.82. The minimum Gasteiger partial charge on any atom is -0.463 e. The SMILES string of the molecule is CCOC(=O)C(C)=C(CC(C)C)C(C)N. The first-order chi connectivity index (χ1) is 6.90. The summed E-state index contributed by atoms with van der Waals surface area (Å²) in [5.41, 5.74) is 7.52. The van der Waals surface area contributed by atoms with Crippen LogP contribution in [-0.4, -0.2) is 18.6 Å². The quantitative estimate of drug-likeness (QED) is 0.563. The lowest BCUT2D eigenvalue weighted by Crippen LogP contribution is -2.23. The predicted octanol–water partition coefficient (Wildman–Crippen LogP) is 2.26. The van der Waals surface area contributed by atoms with E-state index in [9.17, 15) is 4.79 Å². The molecule has 1 unspecified atom stereocenters. The first-order valence-corrected chi connectivity index (χ1v) is 5.52. The number of nitrogens with two attached hydrogens (primary N) is 1. The lowest BCUT2D eigenvalue weighted by molar-refractivity contribution is -0.138. The van der Waals surface area contributed by atoms with Crippen molar-refractivity contribution in [3.63, 3.8) is 0 Å². The predicted molar refractivity (Wildman–Crippen MR) is 62.4 cm³/mol. The number of hydrogen-bond donors (Lipinski definition) is 1. The van der Waals surface area contributed by atoms with Gasteiger partial charge in [0.1, 0.15) is 0 Å². The number of carbonyl (C=O) groups excluding carboxylic acids is 1. The van der Waals surface area contributed by atoms with Crippen molar-refractivity contribution in [3.05, 3.63) is 11.1 Å². The van der Waals surface area contributed by atoms with Gasteiger partial charge in [-0.25, -0.2) is 4.79 Å². The molecule has 0 aromatic rings. The molecule has 2 N–H and O–H groups in total. The molecule has 3 nitrogen and oxygen atoms in total. The number of ether oxygens (including phenoxy) is 1. The van der Waals surface area contributed by atoms with Crippen LogP contribution < -0.4 is 5.73 Å². The Bertz CT molecular complexity index is 242. The van der Waals surface area contributed by atoms with Crippen molar-refractivity contribution in [3.8, 4) is 0 Å². The van der Waals surface area contributed by atoms with E-state index in [-0.39, 0.29) is 12.0 Å². The summed E-state index contributed by atoms with van der Waals surface area (Å²) in [6.07, 6.45) is 0.850. The molecule has 0 amide bonds. The molecule has 0 saturated carbocycles. The molecule has 0 heterocycles. The van der Waals surface area contributed by atoms with Crippen LogP contribution in [0.2, 0.25) is 0 Å². The Labute approximate surface area is 92.7 Å². The molecule has 0 rings (SSSR count). The summed E-state index contributed by atoms with van der Waals surface area (Å²) >= 11 is 0. The van der Waals surface area contributed by atoms with Crippen LogP contribution in [0, 0.1) is 5.92 Å². The maximum atomic E-state index is 11.5. The average Bonchev–Trinajstić information content (AvgIpc) is 2.12. The largest absolute Gasteiger partial charge is 0.463 e. The molecule has 88 valence electrons. The van der Waals surface area contributed by atoms with Crippen molar-refractivity contribution >= 4 is 5.97 Å². The van der Waals surface area contributed by atoms with E-state index in [1.54, 1.807) is 13.8 Å². The van der Waals surface area contributed by atoms with Gasteiger partial charge in [0.05, 0.1) is 6.61 Å². The highest BCUT2D eigenvalue weighted by atomic mass is 16.5. The van der Waals surface area contributed by atoms with E-state index in [1.807, 2.05) is 6.92 Å². The van der Waals surface area contributed by atoms with Gasteiger partial charge in [0.15, 0.2) is 0 Å². The molecule has 0 aromatic heterocycles. The third-order valence-electron chi connectivity index (χ3n) is 2.24. The first-order valence-electron chi connectivity index (χ1n) is 5.52. The second-order valence-corrected chi connectivity index (χ2v) is 4.26. The summed E-state index contributed by atoms with van der Waals surface area (Å²) in [5.74, 6) is 0.251. The fourth-order valence-electron chi connectivity index (χ4n) is 1.49. The van der Waals surface area contributed by atoms with Gasteiger partial charge < -0.3 is 10.5 Å². The summed E-state index contributed by atoms with van der Waals surface area (Å²) in [6.45, 7) is 10.1. The minimum atomic E-state index is -0.245. The van der Waals surface area contributed by atoms with Crippen LogP contribution in [0.15, 0.2) is 11.1 Å². The molecular formula is C12H23NO2. The summed E-state index contributed by atoms with van der Waals surface area (Å²) in [6, 6.07) is -0.0863. The molecule has 0 fully saturated rings. The summed E-state index contributed by atoms with van der Waals surface area (Å²) in [5, 5.41) is 0. The van der Waals surface area contributed by atoms with Gasteiger partial charge in [-0.05, 0) is 38.7 Å². The molecule has 3 heteroatoms. The minimum absolute atomic E-state index is 0.0863. The van der Waals surface area contributed by atoms with Crippen molar-refractivity contribution in [2.45, 2.75) is 47.1 Å². The molecule has 0 aliphatic heterocycles. The Hall–Kier alpha value is -0.830. The van der Waals surface area contributed by atoms with Crippen LogP contribution in [0.4, 0.5) is 0 Å². The number of carbonyl (C=O) groups is 1. The highest BCUT2D eigenvalue weighted by Crippen LogP contribution is 2.18. The van der Waals surface area contributed by atoms with Gasteiger partial charge in [-0.3, -0.25) is 0 Å². The topological polar surface area (TPSA) is 52.3 Å². The molecule has 0 bridgehead atoms. The third kappa shape index (κ3) is 4.98. The monoisotopic (exact) mass is 213 g/mol. The molecule has 0 spiro atoms. The maximum absolute atomic E-state index is 11.5. The van der Waals surface area contributed by atoms with Gasteiger partial charge in [-0.1, -0.05) is 13.8 Å². The van der Waals surface area contributed by atoms with Crippen molar-refractivity contribution in [2.75, 3.05) is 6.61 Å². The third-order valence-corrected chi connectivity index (χ3v) is 2.24. The fourth-order valence-corrected chi connectivity index (χ4v) is 1.49. The molecule has 0 aromatic carbocycles. The van der Waals surface area contributed by atoms with E-state index in [0.717, 1.165) is 12.0 Å². The molecule has 15 heavy (non-hydrogen) atoms. The zero-order valence-corrected chi connectivity index (χ0v) is 10.5. The Kier molecular flexibility index (Phi) is 6.25. The summed E-state index contributed by atoms with van der Waals surface area (Å²) in [4.78, 5) is 11.5. The van der Waals surface area contributed by atoms with Crippen molar-refractivity contribution in [1.82, 2.24) is 0 Å². The van der Waals surface area contributed by atoms with E-state index < -0.39 is 0 Å². The van der Waals surface area contributed by atoms with Gasteiger partial charge in [0.25, 0.3) is 0 Å². The fraction of sp³-hybridized carbons (Fsp3) is 0.750. The standard InChI is InChI=1S/C12H23NO2/c1-6-15-12(14)9(4)11(10(5)13)7-8(2)3/h8,10H,6-7,13H2,1-5H3. The van der Waals surface area contributed by atoms with Crippen molar-refractivity contribution in [2.24, 2.45) is 11.7 Å². The van der Waals surface area contributed by atoms with E-state index in [1.165, 1.54) is 0 Å². The second-order valence-electron chi connectivity index (χ2n) is 4.26. The highest BCUT2D eigenvalue weighted by Gasteiger charge is 2.15. The van der Waals surface area contributed by atoms with Gasteiger partial charge >= 0.3 is 5.97 Å². The Morgan fingerprint density at radius 1 is 1.33 bits per heavy atom. The van der Waals surface area contributed by atoms with E-state index in [0.29, 0.717) is 18.1 Å². The number of rotatable bonds is 5. The Morgan fingerprint density at radius 3 is 2.20 bits per heavy atom. The average molecular weight is 213 g/mol.